The van der Waals surface area contributed by atoms with Crippen molar-refractivity contribution in [2.45, 2.75) is 26.2 Å². The van der Waals surface area contributed by atoms with Crippen LogP contribution in [0.15, 0.2) is 53.5 Å². The molecule has 2 heterocycles. The minimum atomic E-state index is 0. The summed E-state index contributed by atoms with van der Waals surface area (Å²) < 4.78 is 11.4. The third kappa shape index (κ3) is 9.30. The van der Waals surface area contributed by atoms with E-state index >= 15 is 0 Å². The van der Waals surface area contributed by atoms with Crippen molar-refractivity contribution in [1.82, 2.24) is 15.0 Å². The largest absolute Gasteiger partial charge is 1.00 e. The Balaban J connectivity index is 0.00000324. The molecule has 0 bridgehead atoms. The zero-order valence-electron chi connectivity index (χ0n) is 20.9. The van der Waals surface area contributed by atoms with Crippen LogP contribution in [-0.2, 0) is 0 Å². The van der Waals surface area contributed by atoms with E-state index in [0.29, 0.717) is 47.1 Å². The van der Waals surface area contributed by atoms with Gasteiger partial charge in [0.2, 0.25) is 0 Å². The standard InChI is InChI=1S/C26H24N6O2.2Li/c1-4-6-7-8-13-33-22-15-23-25(29-16-22)26(31-18-30-23)32-20-9-10-24(19(3)14-20)34-21(5-2)11-12-28-17-27;;/h2,5,8-11,14-15,17-18H,1,4,6-7,13H2,3H3,(H,30,31,32);;/q-6;2*+1/b21-11+;;. The molecule has 36 heavy (non-hydrogen) atoms. The number of pyridine rings is 1. The SMILES string of the molecule is [CH-]=C/C(=C\[C-]=NC=[N-])Oc1ccc(Nc2ncnc3cc(OC[CH-]CCC[CH2-])[c-]nc23)cc1C.[Li+].[Li+]. The van der Waals surface area contributed by atoms with Crippen LogP contribution in [0.5, 0.6) is 11.5 Å². The molecule has 1 N–H and O–H groups in total. The molecule has 0 amide bonds. The van der Waals surface area contributed by atoms with Crippen molar-refractivity contribution >= 4 is 35.1 Å². The Labute approximate surface area is 236 Å². The summed E-state index contributed by atoms with van der Waals surface area (Å²) in [7, 11) is 0. The molecule has 2 aromatic heterocycles. The van der Waals surface area contributed by atoms with E-state index in [-0.39, 0.29) is 37.7 Å². The number of nitrogens with one attached hydrogen (secondary N) is 1. The Hall–Kier alpha value is -2.88. The zero-order valence-corrected chi connectivity index (χ0v) is 20.9. The summed E-state index contributed by atoms with van der Waals surface area (Å²) >= 11 is 0. The van der Waals surface area contributed by atoms with Crippen molar-refractivity contribution in [2.75, 3.05) is 11.9 Å². The smallest absolute Gasteiger partial charge is 0.577 e. The van der Waals surface area contributed by atoms with Crippen LogP contribution in [0.3, 0.4) is 0 Å². The minimum absolute atomic E-state index is 0. The summed E-state index contributed by atoms with van der Waals surface area (Å²) in [6.45, 7) is 11.8. The number of unbranched alkanes of at least 4 members (excludes halogenated alkanes) is 3. The summed E-state index contributed by atoms with van der Waals surface area (Å²) in [6, 6.07) is 7.33. The van der Waals surface area contributed by atoms with Crippen LogP contribution < -0.4 is 52.5 Å². The molecular formula is C26H24Li2N6O2-4. The molecule has 0 radical (unpaired) electrons. The van der Waals surface area contributed by atoms with E-state index in [1.807, 2.05) is 19.1 Å². The van der Waals surface area contributed by atoms with Gasteiger partial charge in [-0.25, -0.2) is 17.5 Å². The Bertz CT molecular complexity index is 1200. The Kier molecular flexibility index (Phi) is 14.5. The maximum atomic E-state index is 8.58. The maximum Gasteiger partial charge on any atom is 1.00 e. The number of hydrogen-bond donors (Lipinski definition) is 1. The van der Waals surface area contributed by atoms with E-state index in [2.05, 4.69) is 51.0 Å². The first-order valence-corrected chi connectivity index (χ1v) is 10.6. The van der Waals surface area contributed by atoms with Crippen molar-refractivity contribution in [2.24, 2.45) is 4.99 Å². The van der Waals surface area contributed by atoms with Gasteiger partial charge in [0.1, 0.15) is 17.9 Å². The van der Waals surface area contributed by atoms with Gasteiger partial charge in [-0.2, -0.15) is 18.9 Å². The molecule has 0 aliphatic carbocycles. The van der Waals surface area contributed by atoms with Crippen LogP contribution in [0.25, 0.3) is 16.4 Å². The van der Waals surface area contributed by atoms with E-state index in [1.54, 1.807) is 12.1 Å². The van der Waals surface area contributed by atoms with Gasteiger partial charge >= 0.3 is 37.7 Å². The number of benzene rings is 1. The van der Waals surface area contributed by atoms with Crippen molar-refractivity contribution < 1.29 is 47.2 Å². The molecule has 3 aromatic rings. The van der Waals surface area contributed by atoms with E-state index in [9.17, 15) is 0 Å². The molecule has 0 saturated carbocycles. The van der Waals surface area contributed by atoms with Gasteiger partial charge in [0.25, 0.3) is 0 Å². The molecule has 0 aliphatic heterocycles. The Morgan fingerprint density at radius 2 is 2.17 bits per heavy atom. The van der Waals surface area contributed by atoms with Gasteiger partial charge in [-0.05, 0) is 49.0 Å². The number of hydrogen-bond acceptors (Lipinski definition) is 6. The van der Waals surface area contributed by atoms with Gasteiger partial charge in [0.15, 0.2) is 0 Å². The average molecular weight is 466 g/mol. The quantitative estimate of drug-likeness (QED) is 0.0678. The molecule has 176 valence electrons. The molecule has 0 fully saturated rings. The van der Waals surface area contributed by atoms with Crippen LogP contribution in [0, 0.1) is 33.0 Å². The summed E-state index contributed by atoms with van der Waals surface area (Å²) in [5.41, 5.74) is 2.86. The van der Waals surface area contributed by atoms with Crippen LogP contribution in [0.2, 0.25) is 0 Å². The molecule has 8 nitrogen and oxygen atoms in total. The topological polar surface area (TPSA) is 104 Å². The number of aromatic nitrogens is 3. The molecule has 0 unspecified atom stereocenters. The minimum Gasteiger partial charge on any atom is -0.577 e. The zero-order chi connectivity index (χ0) is 24.2. The molecule has 3 rings (SSSR count). The number of aliphatic imine (C=N–C) groups is 1. The summed E-state index contributed by atoms with van der Waals surface area (Å²) in [6.07, 6.45) is 15.1. The fraction of sp³-hybridized carbons (Fsp3) is 0.192. The molecule has 0 aliphatic rings. The normalized spacial score (nSPS) is 10.9. The second kappa shape index (κ2) is 16.7. The summed E-state index contributed by atoms with van der Waals surface area (Å²) in [4.78, 5) is 16.4. The first-order valence-electron chi connectivity index (χ1n) is 10.6. The first-order chi connectivity index (χ1) is 16.6. The van der Waals surface area contributed by atoms with Crippen molar-refractivity contribution in [1.29, 1.82) is 0 Å². The second-order valence-corrected chi connectivity index (χ2v) is 7.08. The molecular weight excluding hydrogens is 442 g/mol. The molecule has 1 aromatic carbocycles. The maximum absolute atomic E-state index is 8.58. The Morgan fingerprint density at radius 1 is 1.33 bits per heavy atom. The fourth-order valence-electron chi connectivity index (χ4n) is 2.91. The monoisotopic (exact) mass is 466 g/mol. The van der Waals surface area contributed by atoms with E-state index in [4.69, 9.17) is 21.5 Å². The third-order valence-corrected chi connectivity index (χ3v) is 4.58. The average Bonchev–Trinajstić information content (AvgIpc) is 2.85. The van der Waals surface area contributed by atoms with Gasteiger partial charge in [0, 0.05) is 22.7 Å². The van der Waals surface area contributed by atoms with E-state index in [1.165, 1.54) is 18.5 Å². The van der Waals surface area contributed by atoms with Gasteiger partial charge in [0.05, 0.1) is 0 Å². The fourth-order valence-corrected chi connectivity index (χ4v) is 2.91. The van der Waals surface area contributed by atoms with Gasteiger partial charge in [-0.3, -0.25) is 18.0 Å². The number of anilines is 2. The number of aryl methyl sites for hydroxylation is 1. The van der Waals surface area contributed by atoms with Gasteiger partial charge in [-0.15, -0.1) is 18.6 Å². The van der Waals surface area contributed by atoms with Crippen molar-refractivity contribution in [3.05, 3.63) is 85.6 Å². The van der Waals surface area contributed by atoms with Gasteiger partial charge < -0.3 is 37.1 Å². The van der Waals surface area contributed by atoms with E-state index in [0.717, 1.165) is 30.5 Å². The summed E-state index contributed by atoms with van der Waals surface area (Å²) in [5.74, 6) is 2.00. The second-order valence-electron chi connectivity index (χ2n) is 7.08. The van der Waals surface area contributed by atoms with Gasteiger partial charge in [-0.1, -0.05) is 0 Å². The molecule has 0 atom stereocenters. The number of ether oxygens (including phenoxy) is 2. The number of allylic oxidation sites excluding steroid dienone is 2. The van der Waals surface area contributed by atoms with Crippen LogP contribution in [0.1, 0.15) is 24.8 Å². The number of fused-ring (bicyclic) bond motifs is 1. The predicted octanol–water partition coefficient (Wildman–Crippen LogP) is -0.730. The van der Waals surface area contributed by atoms with Crippen molar-refractivity contribution in [3.63, 3.8) is 0 Å². The summed E-state index contributed by atoms with van der Waals surface area (Å²) in [5, 5.41) is 11.8. The molecule has 0 spiro atoms. The number of nitrogens with zero attached hydrogens (tertiary/aromatic N) is 5. The van der Waals surface area contributed by atoms with Crippen molar-refractivity contribution in [3.8, 4) is 11.5 Å². The van der Waals surface area contributed by atoms with E-state index < -0.39 is 0 Å². The Morgan fingerprint density at radius 3 is 2.89 bits per heavy atom. The first kappa shape index (κ1) is 31.2. The third-order valence-electron chi connectivity index (χ3n) is 4.58. The van der Waals surface area contributed by atoms with Crippen LogP contribution in [0.4, 0.5) is 11.5 Å². The molecule has 0 saturated heterocycles. The van der Waals surface area contributed by atoms with Crippen LogP contribution in [-0.4, -0.2) is 34.1 Å². The van der Waals surface area contributed by atoms with Crippen LogP contribution >= 0.6 is 0 Å². The number of rotatable bonds is 13. The predicted molar refractivity (Wildman–Crippen MR) is 134 cm³/mol. The molecule has 10 heteroatoms.